The molecular formula is C27H40ClN3O4S. The number of rotatable bonds is 9. The van der Waals surface area contributed by atoms with Crippen molar-refractivity contribution in [2.45, 2.75) is 62.5 Å². The van der Waals surface area contributed by atoms with Crippen LogP contribution >= 0.6 is 12.4 Å². The molecule has 1 saturated heterocycles. The lowest BCUT2D eigenvalue weighted by Gasteiger charge is -2.34. The molecule has 36 heavy (non-hydrogen) atoms. The summed E-state index contributed by atoms with van der Waals surface area (Å²) in [6.45, 7) is 8.65. The number of carbonyl (C=O) groups excluding carboxylic acids is 1. The Kier molecular flexibility index (Phi) is 11.2. The van der Waals surface area contributed by atoms with Crippen molar-refractivity contribution < 1.29 is 17.9 Å². The van der Waals surface area contributed by atoms with Crippen molar-refractivity contribution in [3.05, 3.63) is 66.2 Å². The first-order valence-corrected chi connectivity index (χ1v) is 13.8. The first kappa shape index (κ1) is 30.1. The lowest BCUT2D eigenvalue weighted by Crippen LogP contribution is -2.46. The molecule has 1 fully saturated rings. The van der Waals surface area contributed by atoms with E-state index >= 15 is 0 Å². The van der Waals surface area contributed by atoms with Crippen molar-refractivity contribution in [2.24, 2.45) is 0 Å². The first-order chi connectivity index (χ1) is 16.5. The molecule has 200 valence electrons. The molecule has 1 heterocycles. The van der Waals surface area contributed by atoms with Crippen molar-refractivity contribution in [1.82, 2.24) is 14.5 Å². The fourth-order valence-corrected chi connectivity index (χ4v) is 5.62. The molecule has 9 heteroatoms. The highest BCUT2D eigenvalue weighted by Crippen LogP contribution is 2.25. The first-order valence-electron chi connectivity index (χ1n) is 12.3. The molecule has 0 aromatic heterocycles. The van der Waals surface area contributed by atoms with Gasteiger partial charge in [-0.1, -0.05) is 48.5 Å². The average molecular weight is 538 g/mol. The summed E-state index contributed by atoms with van der Waals surface area (Å²) >= 11 is 0. The number of amides is 1. The topological polar surface area (TPSA) is 79.0 Å². The number of nitrogens with zero attached hydrogens (tertiary/aromatic N) is 2. The van der Waals surface area contributed by atoms with Crippen LogP contribution < -0.4 is 5.32 Å². The van der Waals surface area contributed by atoms with E-state index in [1.54, 1.807) is 31.3 Å². The molecule has 7 nitrogen and oxygen atoms in total. The summed E-state index contributed by atoms with van der Waals surface area (Å²) < 4.78 is 33.0. The predicted octanol–water partition coefficient (Wildman–Crippen LogP) is 4.89. The van der Waals surface area contributed by atoms with Gasteiger partial charge >= 0.3 is 6.09 Å². The Balaban J connectivity index is 0.00000456. The van der Waals surface area contributed by atoms with E-state index in [0.717, 1.165) is 44.5 Å². The van der Waals surface area contributed by atoms with E-state index in [1.165, 1.54) is 4.31 Å². The molecule has 3 rings (SSSR count). The Morgan fingerprint density at radius 2 is 1.61 bits per heavy atom. The summed E-state index contributed by atoms with van der Waals surface area (Å²) in [5.74, 6) is 0.0808. The highest BCUT2D eigenvalue weighted by Gasteiger charge is 2.27. The van der Waals surface area contributed by atoms with Crippen LogP contribution in [0.15, 0.2) is 65.6 Å². The van der Waals surface area contributed by atoms with E-state index in [1.807, 2.05) is 45.0 Å². The molecule has 0 radical (unpaired) electrons. The minimum absolute atomic E-state index is 0. The van der Waals surface area contributed by atoms with Gasteiger partial charge in [0, 0.05) is 32.7 Å². The third-order valence-corrected chi connectivity index (χ3v) is 8.14. The molecule has 0 spiro atoms. The fourth-order valence-electron chi connectivity index (χ4n) is 4.38. The molecule has 1 aliphatic rings. The van der Waals surface area contributed by atoms with E-state index in [4.69, 9.17) is 4.74 Å². The standard InChI is InChI=1S/C27H39N3O4S.ClH/c1-27(2,3)34-26(31)28-24-16-19-30(20-17-24)18-15-23(22-11-7-5-8-12-22)21-29(4)35(32,33)25-13-9-6-10-14-25;/h5-14,23-24H,15-21H2,1-4H3,(H,28,31);1H. The van der Waals surface area contributed by atoms with Crippen molar-refractivity contribution in [1.29, 1.82) is 0 Å². The molecule has 0 bridgehead atoms. The number of carbonyl (C=O) groups is 1. The number of nitrogens with one attached hydrogen (secondary N) is 1. The van der Waals surface area contributed by atoms with Crippen LogP contribution in [0.5, 0.6) is 0 Å². The van der Waals surface area contributed by atoms with Crippen molar-refractivity contribution in [3.8, 4) is 0 Å². The number of hydrogen-bond acceptors (Lipinski definition) is 5. The monoisotopic (exact) mass is 537 g/mol. The summed E-state index contributed by atoms with van der Waals surface area (Å²) in [5.41, 5.74) is 0.641. The number of likely N-dealkylation sites (N-methyl/N-ethyl adjacent to an activating group) is 1. The SMILES string of the molecule is CN(CC(CCN1CCC(NC(=O)OC(C)(C)C)CC1)c1ccccc1)S(=O)(=O)c1ccccc1.Cl. The van der Waals surface area contributed by atoms with Crippen LogP contribution in [0, 0.1) is 0 Å². The second-order valence-electron chi connectivity index (χ2n) is 10.3. The number of piperidine rings is 1. The zero-order valence-electron chi connectivity index (χ0n) is 21.7. The van der Waals surface area contributed by atoms with E-state index in [-0.39, 0.29) is 30.5 Å². The third-order valence-electron chi connectivity index (χ3n) is 6.30. The maximum atomic E-state index is 13.1. The molecule has 1 atom stereocenters. The molecule has 1 aliphatic heterocycles. The van der Waals surface area contributed by atoms with Crippen LogP contribution in [-0.2, 0) is 14.8 Å². The maximum Gasteiger partial charge on any atom is 0.407 e. The molecule has 1 unspecified atom stereocenters. The lowest BCUT2D eigenvalue weighted by atomic mass is 9.94. The number of hydrogen-bond donors (Lipinski definition) is 1. The number of likely N-dealkylation sites (tertiary alicyclic amines) is 1. The number of sulfonamides is 1. The second-order valence-corrected chi connectivity index (χ2v) is 12.3. The van der Waals surface area contributed by atoms with Gasteiger partial charge in [0.2, 0.25) is 10.0 Å². The molecule has 1 N–H and O–H groups in total. The quantitative estimate of drug-likeness (QED) is 0.492. The summed E-state index contributed by atoms with van der Waals surface area (Å²) in [4.78, 5) is 14.8. The lowest BCUT2D eigenvalue weighted by molar-refractivity contribution is 0.0478. The second kappa shape index (κ2) is 13.4. The van der Waals surface area contributed by atoms with Crippen molar-refractivity contribution in [2.75, 3.05) is 33.2 Å². The van der Waals surface area contributed by atoms with Gasteiger partial charge in [0.15, 0.2) is 0 Å². The Hall–Kier alpha value is -2.13. The normalized spacial score (nSPS) is 16.2. The van der Waals surface area contributed by atoms with E-state index < -0.39 is 15.6 Å². The van der Waals surface area contributed by atoms with Gasteiger partial charge in [0.1, 0.15) is 5.60 Å². The van der Waals surface area contributed by atoms with Crippen molar-refractivity contribution in [3.63, 3.8) is 0 Å². The van der Waals surface area contributed by atoms with Gasteiger partial charge in [-0.2, -0.15) is 0 Å². The van der Waals surface area contributed by atoms with E-state index in [2.05, 4.69) is 22.3 Å². The zero-order valence-corrected chi connectivity index (χ0v) is 23.4. The van der Waals surface area contributed by atoms with Crippen LogP contribution in [0.4, 0.5) is 4.79 Å². The van der Waals surface area contributed by atoms with Crippen molar-refractivity contribution >= 4 is 28.5 Å². The van der Waals surface area contributed by atoms with Gasteiger partial charge in [-0.05, 0) is 70.2 Å². The van der Waals surface area contributed by atoms with Gasteiger partial charge < -0.3 is 15.0 Å². The Labute approximate surface area is 222 Å². The summed E-state index contributed by atoms with van der Waals surface area (Å²) in [5, 5.41) is 2.98. The van der Waals surface area contributed by atoms with Gasteiger partial charge in [-0.3, -0.25) is 0 Å². The third kappa shape index (κ3) is 9.07. The van der Waals surface area contributed by atoms with Crippen LogP contribution in [0.3, 0.4) is 0 Å². The van der Waals surface area contributed by atoms with Crippen LogP contribution in [-0.4, -0.2) is 68.6 Å². The summed E-state index contributed by atoms with van der Waals surface area (Å²) in [6.07, 6.45) is 2.24. The minimum Gasteiger partial charge on any atom is -0.444 e. The molecular weight excluding hydrogens is 498 g/mol. The number of benzene rings is 2. The zero-order chi connectivity index (χ0) is 25.5. The highest BCUT2D eigenvalue weighted by molar-refractivity contribution is 7.89. The highest BCUT2D eigenvalue weighted by atomic mass is 35.5. The number of halogens is 1. The predicted molar refractivity (Wildman–Crippen MR) is 146 cm³/mol. The molecule has 2 aromatic carbocycles. The van der Waals surface area contributed by atoms with Gasteiger partial charge in [-0.25, -0.2) is 17.5 Å². The Morgan fingerprint density at radius 3 is 2.17 bits per heavy atom. The van der Waals surface area contributed by atoms with Gasteiger partial charge in [0.25, 0.3) is 0 Å². The Morgan fingerprint density at radius 1 is 1.06 bits per heavy atom. The largest absolute Gasteiger partial charge is 0.444 e. The maximum absolute atomic E-state index is 13.1. The van der Waals surface area contributed by atoms with E-state index in [9.17, 15) is 13.2 Å². The molecule has 2 aromatic rings. The number of alkyl carbamates (subject to hydrolysis) is 1. The Bertz CT molecular complexity index is 1040. The molecule has 0 aliphatic carbocycles. The number of ether oxygens (including phenoxy) is 1. The molecule has 0 saturated carbocycles. The van der Waals surface area contributed by atoms with E-state index in [0.29, 0.717) is 11.4 Å². The minimum atomic E-state index is -3.55. The van der Waals surface area contributed by atoms with Crippen LogP contribution in [0.2, 0.25) is 0 Å². The fraction of sp³-hybridized carbons (Fsp3) is 0.519. The van der Waals surface area contributed by atoms with Gasteiger partial charge in [0.05, 0.1) is 4.90 Å². The molecule has 1 amide bonds. The summed E-state index contributed by atoms with van der Waals surface area (Å²) in [6, 6.07) is 18.8. The average Bonchev–Trinajstić information content (AvgIpc) is 2.82. The smallest absolute Gasteiger partial charge is 0.407 e. The van der Waals surface area contributed by atoms with Crippen LogP contribution in [0.25, 0.3) is 0 Å². The summed E-state index contributed by atoms with van der Waals surface area (Å²) in [7, 11) is -1.89. The van der Waals surface area contributed by atoms with Gasteiger partial charge in [-0.15, -0.1) is 12.4 Å². The van der Waals surface area contributed by atoms with Crippen LogP contribution in [0.1, 0.15) is 51.5 Å².